The summed E-state index contributed by atoms with van der Waals surface area (Å²) in [4.78, 5) is 6.17. The Labute approximate surface area is 152 Å². The average Bonchev–Trinajstić information content (AvgIpc) is 2.88. The summed E-state index contributed by atoms with van der Waals surface area (Å²) < 4.78 is 5.41. The van der Waals surface area contributed by atoms with Crippen LogP contribution in [0.1, 0.15) is 22.8 Å². The molecule has 3 aromatic carbocycles. The zero-order chi connectivity index (χ0) is 17.1. The number of fused-ring (bicyclic) bond motifs is 1. The van der Waals surface area contributed by atoms with Crippen LogP contribution in [0.15, 0.2) is 88.8 Å². The summed E-state index contributed by atoms with van der Waals surface area (Å²) in [5, 5.41) is 0.327. The SMILES string of the molecule is COc1ccc2c(c1)SC(c1ccccc1)CC(c1ccccc1)=N2. The third kappa shape index (κ3) is 3.47. The maximum absolute atomic E-state index is 5.41. The van der Waals surface area contributed by atoms with Gasteiger partial charge in [0.15, 0.2) is 0 Å². The summed E-state index contributed by atoms with van der Waals surface area (Å²) in [5.74, 6) is 0.872. The van der Waals surface area contributed by atoms with Crippen molar-refractivity contribution in [1.29, 1.82) is 0 Å². The molecular weight excluding hydrogens is 326 g/mol. The third-order valence-electron chi connectivity index (χ3n) is 4.35. The minimum atomic E-state index is 0.327. The van der Waals surface area contributed by atoms with E-state index in [1.165, 1.54) is 16.0 Å². The van der Waals surface area contributed by atoms with E-state index >= 15 is 0 Å². The van der Waals surface area contributed by atoms with E-state index in [9.17, 15) is 0 Å². The van der Waals surface area contributed by atoms with Crippen molar-refractivity contribution in [3.63, 3.8) is 0 Å². The molecule has 0 bridgehead atoms. The molecule has 1 heterocycles. The van der Waals surface area contributed by atoms with Gasteiger partial charge in [-0.15, -0.1) is 11.8 Å². The van der Waals surface area contributed by atoms with Gasteiger partial charge in [-0.05, 0) is 29.3 Å². The summed E-state index contributed by atoms with van der Waals surface area (Å²) in [6.45, 7) is 0. The Bertz CT molecular complexity index is 890. The lowest BCUT2D eigenvalue weighted by molar-refractivity contribution is 0.414. The van der Waals surface area contributed by atoms with Gasteiger partial charge in [0.25, 0.3) is 0 Å². The topological polar surface area (TPSA) is 21.6 Å². The van der Waals surface area contributed by atoms with Crippen LogP contribution < -0.4 is 4.74 Å². The van der Waals surface area contributed by atoms with E-state index in [2.05, 4.69) is 66.7 Å². The zero-order valence-corrected chi connectivity index (χ0v) is 14.9. The van der Waals surface area contributed by atoms with E-state index < -0.39 is 0 Å². The molecule has 0 saturated heterocycles. The lowest BCUT2D eigenvalue weighted by atomic mass is 10.0. The van der Waals surface area contributed by atoms with Crippen LogP contribution in [0, 0.1) is 0 Å². The largest absolute Gasteiger partial charge is 0.497 e. The van der Waals surface area contributed by atoms with Crippen LogP contribution in [0.25, 0.3) is 0 Å². The second-order valence-electron chi connectivity index (χ2n) is 5.98. The summed E-state index contributed by atoms with van der Waals surface area (Å²) >= 11 is 1.86. The van der Waals surface area contributed by atoms with Crippen molar-refractivity contribution in [2.45, 2.75) is 16.6 Å². The molecule has 1 aliphatic rings. The van der Waals surface area contributed by atoms with E-state index in [0.29, 0.717) is 5.25 Å². The van der Waals surface area contributed by atoms with Gasteiger partial charge < -0.3 is 4.74 Å². The van der Waals surface area contributed by atoms with Crippen LogP contribution in [-0.2, 0) is 0 Å². The molecule has 0 fully saturated rings. The van der Waals surface area contributed by atoms with Crippen LogP contribution in [-0.4, -0.2) is 12.8 Å². The Balaban J connectivity index is 1.82. The highest BCUT2D eigenvalue weighted by Crippen LogP contribution is 2.46. The van der Waals surface area contributed by atoms with Crippen molar-refractivity contribution in [3.8, 4) is 5.75 Å². The Morgan fingerprint density at radius 1 is 0.920 bits per heavy atom. The van der Waals surface area contributed by atoms with Gasteiger partial charge in [0, 0.05) is 22.3 Å². The van der Waals surface area contributed by atoms with Gasteiger partial charge >= 0.3 is 0 Å². The van der Waals surface area contributed by atoms with Crippen LogP contribution >= 0.6 is 11.8 Å². The molecule has 1 aliphatic heterocycles. The van der Waals surface area contributed by atoms with Gasteiger partial charge in [-0.2, -0.15) is 0 Å². The van der Waals surface area contributed by atoms with E-state index in [-0.39, 0.29) is 0 Å². The van der Waals surface area contributed by atoms with E-state index in [0.717, 1.165) is 23.6 Å². The zero-order valence-electron chi connectivity index (χ0n) is 14.1. The predicted molar refractivity (Wildman–Crippen MR) is 105 cm³/mol. The highest BCUT2D eigenvalue weighted by Gasteiger charge is 2.22. The summed E-state index contributed by atoms with van der Waals surface area (Å²) in [6, 6.07) is 27.3. The van der Waals surface area contributed by atoms with Crippen molar-refractivity contribution in [3.05, 3.63) is 90.0 Å². The molecule has 25 heavy (non-hydrogen) atoms. The molecule has 0 saturated carbocycles. The lowest BCUT2D eigenvalue weighted by Gasteiger charge is -2.16. The van der Waals surface area contributed by atoms with Gasteiger partial charge in [-0.25, -0.2) is 0 Å². The van der Waals surface area contributed by atoms with Gasteiger partial charge in [0.1, 0.15) is 5.75 Å². The lowest BCUT2D eigenvalue weighted by Crippen LogP contribution is -2.05. The molecule has 3 aromatic rings. The number of benzene rings is 3. The molecule has 1 atom stereocenters. The fourth-order valence-electron chi connectivity index (χ4n) is 3.04. The summed E-state index contributed by atoms with van der Waals surface area (Å²) in [6.07, 6.45) is 0.899. The van der Waals surface area contributed by atoms with Crippen LogP contribution in [0.2, 0.25) is 0 Å². The first-order valence-corrected chi connectivity index (χ1v) is 9.24. The molecule has 0 radical (unpaired) electrons. The Morgan fingerprint density at radius 2 is 1.64 bits per heavy atom. The molecule has 1 unspecified atom stereocenters. The number of hydrogen-bond acceptors (Lipinski definition) is 3. The molecule has 4 rings (SSSR count). The molecule has 0 N–H and O–H groups in total. The second-order valence-corrected chi connectivity index (χ2v) is 7.22. The molecule has 0 amide bonds. The number of aliphatic imine (C=N–C) groups is 1. The first-order chi connectivity index (χ1) is 12.3. The highest BCUT2D eigenvalue weighted by molar-refractivity contribution is 7.99. The molecule has 124 valence electrons. The minimum Gasteiger partial charge on any atom is -0.497 e. The van der Waals surface area contributed by atoms with Crippen LogP contribution in [0.5, 0.6) is 5.75 Å². The summed E-state index contributed by atoms with van der Waals surface area (Å²) in [5.41, 5.74) is 4.66. The van der Waals surface area contributed by atoms with Crippen LogP contribution in [0.3, 0.4) is 0 Å². The predicted octanol–water partition coefficient (Wildman–Crippen LogP) is 6.05. The normalized spacial score (nSPS) is 16.5. The quantitative estimate of drug-likeness (QED) is 0.576. The molecule has 3 heteroatoms. The van der Waals surface area contributed by atoms with Gasteiger partial charge in [-0.3, -0.25) is 4.99 Å². The van der Waals surface area contributed by atoms with Gasteiger partial charge in [-0.1, -0.05) is 60.7 Å². The fourth-order valence-corrected chi connectivity index (χ4v) is 4.30. The Hall–Kier alpha value is -2.52. The van der Waals surface area contributed by atoms with E-state index in [1.807, 2.05) is 23.9 Å². The van der Waals surface area contributed by atoms with E-state index in [1.54, 1.807) is 7.11 Å². The first kappa shape index (κ1) is 16.0. The smallest absolute Gasteiger partial charge is 0.120 e. The second kappa shape index (κ2) is 7.16. The van der Waals surface area contributed by atoms with Crippen molar-refractivity contribution < 1.29 is 4.74 Å². The monoisotopic (exact) mass is 345 g/mol. The van der Waals surface area contributed by atoms with Crippen molar-refractivity contribution in [2.24, 2.45) is 4.99 Å². The minimum absolute atomic E-state index is 0.327. The van der Waals surface area contributed by atoms with E-state index in [4.69, 9.17) is 9.73 Å². The maximum Gasteiger partial charge on any atom is 0.120 e. The number of nitrogens with zero attached hydrogens (tertiary/aromatic N) is 1. The van der Waals surface area contributed by atoms with Crippen molar-refractivity contribution >= 4 is 23.2 Å². The fraction of sp³-hybridized carbons (Fsp3) is 0.136. The molecule has 0 spiro atoms. The van der Waals surface area contributed by atoms with Crippen LogP contribution in [0.4, 0.5) is 5.69 Å². The summed E-state index contributed by atoms with van der Waals surface area (Å²) in [7, 11) is 1.70. The molecule has 0 aliphatic carbocycles. The Kier molecular flexibility index (Phi) is 4.57. The van der Waals surface area contributed by atoms with Crippen molar-refractivity contribution in [2.75, 3.05) is 7.11 Å². The molecular formula is C22H19NOS. The standard InChI is InChI=1S/C22H19NOS/c1-24-18-12-13-19-22(14-18)25-21(17-10-6-3-7-11-17)15-20(23-19)16-8-4-2-5-9-16/h2-14,21H,15H2,1H3. The van der Waals surface area contributed by atoms with Crippen molar-refractivity contribution in [1.82, 2.24) is 0 Å². The number of thioether (sulfide) groups is 1. The first-order valence-electron chi connectivity index (χ1n) is 8.36. The van der Waals surface area contributed by atoms with Gasteiger partial charge in [0.2, 0.25) is 0 Å². The maximum atomic E-state index is 5.41. The highest BCUT2D eigenvalue weighted by atomic mass is 32.2. The van der Waals surface area contributed by atoms with Gasteiger partial charge in [0.05, 0.1) is 12.8 Å². The molecule has 0 aromatic heterocycles. The third-order valence-corrected chi connectivity index (χ3v) is 5.65. The average molecular weight is 345 g/mol. The number of hydrogen-bond donors (Lipinski definition) is 0. The molecule has 2 nitrogen and oxygen atoms in total. The number of methoxy groups -OCH3 is 1. The number of rotatable bonds is 3. The Morgan fingerprint density at radius 3 is 2.36 bits per heavy atom. The number of ether oxygens (including phenoxy) is 1.